The van der Waals surface area contributed by atoms with Gasteiger partial charge in [-0.05, 0) is 18.2 Å². The third kappa shape index (κ3) is 3.35. The molecule has 1 aliphatic rings. The van der Waals surface area contributed by atoms with Crippen LogP contribution in [-0.2, 0) is 21.8 Å². The minimum absolute atomic E-state index is 0.116. The van der Waals surface area contributed by atoms with Crippen molar-refractivity contribution in [3.8, 4) is 0 Å². The Morgan fingerprint density at radius 3 is 2.50 bits per heavy atom. The van der Waals surface area contributed by atoms with Crippen molar-refractivity contribution >= 4 is 21.6 Å². The average molecular weight is 349 g/mol. The summed E-state index contributed by atoms with van der Waals surface area (Å²) in [6, 6.07) is 10.4. The molecule has 8 heteroatoms. The first-order valence-corrected chi connectivity index (χ1v) is 9.03. The number of hydrogen-bond acceptors (Lipinski definition) is 4. The number of morpholine rings is 1. The molecular formula is C16H19N3O4S. The number of ether oxygens (including phenoxy) is 1. The van der Waals surface area contributed by atoms with Gasteiger partial charge in [0.2, 0.25) is 10.0 Å². The number of benzene rings is 1. The number of aromatic nitrogens is 1. The lowest BCUT2D eigenvalue weighted by Crippen LogP contribution is -2.40. The monoisotopic (exact) mass is 349 g/mol. The van der Waals surface area contributed by atoms with Crippen molar-refractivity contribution in [2.24, 2.45) is 7.05 Å². The zero-order valence-corrected chi connectivity index (χ0v) is 14.1. The molecule has 0 unspecified atom stereocenters. The lowest BCUT2D eigenvalue weighted by molar-refractivity contribution is 0.0730. The zero-order chi connectivity index (χ0) is 17.2. The minimum Gasteiger partial charge on any atom is -0.379 e. The molecule has 0 radical (unpaired) electrons. The summed E-state index contributed by atoms with van der Waals surface area (Å²) in [4.78, 5) is 12.5. The maximum Gasteiger partial charge on any atom is 0.272 e. The Bertz CT molecular complexity index is 824. The number of rotatable bonds is 4. The van der Waals surface area contributed by atoms with Crippen molar-refractivity contribution in [2.75, 3.05) is 31.6 Å². The lowest BCUT2D eigenvalue weighted by atomic mass is 10.3. The van der Waals surface area contributed by atoms with Crippen LogP contribution in [-0.4, -0.2) is 49.5 Å². The van der Waals surface area contributed by atoms with E-state index >= 15 is 0 Å². The Morgan fingerprint density at radius 2 is 1.83 bits per heavy atom. The first-order chi connectivity index (χ1) is 11.5. The molecule has 1 fully saturated rings. The van der Waals surface area contributed by atoms with E-state index in [2.05, 4.69) is 5.32 Å². The van der Waals surface area contributed by atoms with Crippen molar-refractivity contribution in [3.63, 3.8) is 0 Å². The van der Waals surface area contributed by atoms with E-state index in [9.17, 15) is 13.2 Å². The molecule has 1 amide bonds. The fourth-order valence-corrected chi connectivity index (χ4v) is 4.03. The number of aryl methyl sites for hydroxylation is 1. The van der Waals surface area contributed by atoms with Gasteiger partial charge in [0.15, 0.2) is 0 Å². The minimum atomic E-state index is -3.62. The fraction of sp³-hybridized carbons (Fsp3) is 0.312. The highest BCUT2D eigenvalue weighted by atomic mass is 32.2. The van der Waals surface area contributed by atoms with Crippen LogP contribution in [0.1, 0.15) is 10.5 Å². The number of para-hydroxylation sites is 1. The predicted octanol–water partition coefficient (Wildman–Crippen LogP) is 1.30. The molecule has 0 atom stereocenters. The van der Waals surface area contributed by atoms with Crippen LogP contribution in [0.5, 0.6) is 0 Å². The van der Waals surface area contributed by atoms with Crippen LogP contribution >= 0.6 is 0 Å². The molecule has 128 valence electrons. The van der Waals surface area contributed by atoms with Gasteiger partial charge in [-0.1, -0.05) is 18.2 Å². The van der Waals surface area contributed by atoms with Crippen molar-refractivity contribution in [3.05, 3.63) is 48.3 Å². The van der Waals surface area contributed by atoms with Crippen LogP contribution in [0.25, 0.3) is 0 Å². The van der Waals surface area contributed by atoms with Gasteiger partial charge in [-0.3, -0.25) is 4.79 Å². The van der Waals surface area contributed by atoms with Crippen LogP contribution in [0.4, 0.5) is 5.69 Å². The SMILES string of the molecule is Cn1cc(S(=O)(=O)N2CCOCC2)cc1C(=O)Nc1ccccc1. The number of carbonyl (C=O) groups excluding carboxylic acids is 1. The van der Waals surface area contributed by atoms with E-state index in [4.69, 9.17) is 4.74 Å². The Balaban J connectivity index is 1.83. The van der Waals surface area contributed by atoms with Crippen LogP contribution < -0.4 is 5.32 Å². The topological polar surface area (TPSA) is 80.6 Å². The van der Waals surface area contributed by atoms with Gasteiger partial charge in [0.25, 0.3) is 5.91 Å². The third-order valence-corrected chi connectivity index (χ3v) is 5.72. The summed E-state index contributed by atoms with van der Waals surface area (Å²) in [5.41, 5.74) is 0.937. The molecule has 0 bridgehead atoms. The molecule has 2 heterocycles. The molecule has 3 rings (SSSR count). The number of amides is 1. The predicted molar refractivity (Wildman–Crippen MR) is 89.4 cm³/mol. The first-order valence-electron chi connectivity index (χ1n) is 7.59. The van der Waals surface area contributed by atoms with E-state index in [0.717, 1.165) is 0 Å². The van der Waals surface area contributed by atoms with Gasteiger partial charge in [-0.25, -0.2) is 8.42 Å². The largest absolute Gasteiger partial charge is 0.379 e. The second-order valence-electron chi connectivity index (χ2n) is 5.51. The van der Waals surface area contributed by atoms with Crippen molar-refractivity contribution < 1.29 is 17.9 Å². The Hall–Kier alpha value is -2.16. The number of carbonyl (C=O) groups is 1. The van der Waals surface area contributed by atoms with E-state index in [1.165, 1.54) is 21.1 Å². The summed E-state index contributed by atoms with van der Waals surface area (Å²) in [6.07, 6.45) is 1.46. The highest BCUT2D eigenvalue weighted by Crippen LogP contribution is 2.20. The van der Waals surface area contributed by atoms with Gasteiger partial charge in [0.1, 0.15) is 10.6 Å². The van der Waals surface area contributed by atoms with Gasteiger partial charge in [-0.2, -0.15) is 4.31 Å². The highest BCUT2D eigenvalue weighted by Gasteiger charge is 2.28. The van der Waals surface area contributed by atoms with E-state index in [-0.39, 0.29) is 16.5 Å². The Labute approximate surface area is 140 Å². The molecule has 1 aromatic carbocycles. The molecular weight excluding hydrogens is 330 g/mol. The Kier molecular flexibility index (Phi) is 4.70. The van der Waals surface area contributed by atoms with Gasteiger partial charge in [-0.15, -0.1) is 0 Å². The van der Waals surface area contributed by atoms with Gasteiger partial charge >= 0.3 is 0 Å². The average Bonchev–Trinajstić information content (AvgIpc) is 2.99. The fourth-order valence-electron chi connectivity index (χ4n) is 2.55. The Morgan fingerprint density at radius 1 is 1.17 bits per heavy atom. The molecule has 0 spiro atoms. The molecule has 2 aromatic rings. The molecule has 0 aliphatic carbocycles. The molecule has 1 saturated heterocycles. The van der Waals surface area contributed by atoms with Crippen LogP contribution in [0.15, 0.2) is 47.5 Å². The maximum atomic E-state index is 12.7. The van der Waals surface area contributed by atoms with Gasteiger partial charge < -0.3 is 14.6 Å². The maximum absolute atomic E-state index is 12.7. The number of sulfonamides is 1. The number of anilines is 1. The van der Waals surface area contributed by atoms with Crippen LogP contribution in [0.3, 0.4) is 0 Å². The van der Waals surface area contributed by atoms with Crippen molar-refractivity contribution in [2.45, 2.75) is 4.90 Å². The molecule has 7 nitrogen and oxygen atoms in total. The van der Waals surface area contributed by atoms with Crippen molar-refractivity contribution in [1.82, 2.24) is 8.87 Å². The van der Waals surface area contributed by atoms with Crippen molar-refractivity contribution in [1.29, 1.82) is 0 Å². The standard InChI is InChI=1S/C16H19N3O4S/c1-18-12-14(24(21,22)19-7-9-23-10-8-19)11-15(18)16(20)17-13-5-3-2-4-6-13/h2-6,11-12H,7-10H2,1H3,(H,17,20). The highest BCUT2D eigenvalue weighted by molar-refractivity contribution is 7.89. The molecule has 0 saturated carbocycles. The van der Waals surface area contributed by atoms with Gasteiger partial charge in [0.05, 0.1) is 13.2 Å². The first kappa shape index (κ1) is 16.7. The normalized spacial score (nSPS) is 16.0. The molecule has 1 N–H and O–H groups in total. The number of nitrogens with one attached hydrogen (secondary N) is 1. The zero-order valence-electron chi connectivity index (χ0n) is 13.3. The van der Waals surface area contributed by atoms with E-state index in [1.54, 1.807) is 19.2 Å². The van der Waals surface area contributed by atoms with E-state index < -0.39 is 10.0 Å². The molecule has 1 aliphatic heterocycles. The summed E-state index contributed by atoms with van der Waals surface area (Å²) >= 11 is 0. The third-order valence-electron chi connectivity index (χ3n) is 3.85. The smallest absolute Gasteiger partial charge is 0.272 e. The summed E-state index contributed by atoms with van der Waals surface area (Å²) in [5, 5.41) is 2.76. The molecule has 24 heavy (non-hydrogen) atoms. The second kappa shape index (κ2) is 6.76. The van der Waals surface area contributed by atoms with E-state index in [0.29, 0.717) is 32.0 Å². The number of nitrogens with zero attached hydrogens (tertiary/aromatic N) is 2. The summed E-state index contributed by atoms with van der Waals surface area (Å²) in [5.74, 6) is -0.355. The second-order valence-corrected chi connectivity index (χ2v) is 7.45. The summed E-state index contributed by atoms with van der Waals surface area (Å²) < 4.78 is 33.4. The quantitative estimate of drug-likeness (QED) is 0.902. The molecule has 1 aromatic heterocycles. The lowest BCUT2D eigenvalue weighted by Gasteiger charge is -2.25. The summed E-state index contributed by atoms with van der Waals surface area (Å²) in [7, 11) is -1.97. The number of hydrogen-bond donors (Lipinski definition) is 1. The summed E-state index contributed by atoms with van der Waals surface area (Å²) in [6.45, 7) is 1.41. The van der Waals surface area contributed by atoms with Gasteiger partial charge in [0, 0.05) is 32.0 Å². The van der Waals surface area contributed by atoms with Crippen LogP contribution in [0, 0.1) is 0 Å². The van der Waals surface area contributed by atoms with E-state index in [1.807, 2.05) is 18.2 Å². The van der Waals surface area contributed by atoms with Crippen LogP contribution in [0.2, 0.25) is 0 Å².